The second kappa shape index (κ2) is 8.53. The van der Waals surface area contributed by atoms with Gasteiger partial charge in [-0.25, -0.2) is 4.57 Å². The van der Waals surface area contributed by atoms with Gasteiger partial charge in [-0.15, -0.1) is 0 Å². The first-order valence-corrected chi connectivity index (χ1v) is 14.8. The molecule has 6 aromatic rings. The molecule has 2 atom stereocenters. The Morgan fingerprint density at radius 2 is 1.40 bits per heavy atom. The van der Waals surface area contributed by atoms with Crippen molar-refractivity contribution < 1.29 is 8.98 Å². The van der Waals surface area contributed by atoms with Crippen LogP contribution in [0.2, 0.25) is 0 Å². The number of nitrogens with zero attached hydrogens (tertiary/aromatic N) is 1. The van der Waals surface area contributed by atoms with Crippen molar-refractivity contribution in [1.82, 2.24) is 0 Å². The zero-order chi connectivity index (χ0) is 28.1. The Morgan fingerprint density at radius 3 is 2.26 bits per heavy atom. The summed E-state index contributed by atoms with van der Waals surface area (Å²) in [7, 11) is 2.15. The number of pyridine rings is 1. The van der Waals surface area contributed by atoms with Gasteiger partial charge in [0.25, 0.3) is 0 Å². The van der Waals surface area contributed by atoms with Crippen molar-refractivity contribution in [1.29, 1.82) is 0 Å². The fraction of sp³-hybridized carbons (Fsp3) is 0.125. The van der Waals surface area contributed by atoms with Crippen LogP contribution in [0.1, 0.15) is 33.7 Å². The molecule has 0 saturated heterocycles. The second-order valence-corrected chi connectivity index (χ2v) is 12.2. The molecule has 200 valence electrons. The fourth-order valence-electron chi connectivity index (χ4n) is 7.49. The van der Waals surface area contributed by atoms with Crippen LogP contribution in [0.5, 0.6) is 0 Å². The molecule has 3 heterocycles. The Bertz CT molecular complexity index is 2240. The Labute approximate surface area is 245 Å². The average Bonchev–Trinajstić information content (AvgIpc) is 3.39. The van der Waals surface area contributed by atoms with Gasteiger partial charge >= 0.3 is 0 Å². The highest BCUT2D eigenvalue weighted by Gasteiger charge is 2.31. The van der Waals surface area contributed by atoms with Crippen LogP contribution >= 0.6 is 0 Å². The van der Waals surface area contributed by atoms with E-state index < -0.39 is 0 Å². The monoisotopic (exact) mass is 540 g/mol. The zero-order valence-electron chi connectivity index (χ0n) is 24.0. The molecule has 0 N–H and O–H groups in total. The summed E-state index contributed by atoms with van der Waals surface area (Å²) in [5.41, 5.74) is 16.7. The summed E-state index contributed by atoms with van der Waals surface area (Å²) in [5.74, 6) is 0.518. The van der Waals surface area contributed by atoms with Gasteiger partial charge in [-0.3, -0.25) is 0 Å². The first kappa shape index (κ1) is 23.7. The first-order chi connectivity index (χ1) is 20.5. The summed E-state index contributed by atoms with van der Waals surface area (Å²) >= 11 is 0. The molecule has 0 spiro atoms. The number of aryl methyl sites for hydroxylation is 3. The Kier molecular flexibility index (Phi) is 4.82. The molecule has 0 amide bonds. The minimum Gasteiger partial charge on any atom is -0.455 e. The van der Waals surface area contributed by atoms with Crippen molar-refractivity contribution in [3.8, 4) is 33.5 Å². The van der Waals surface area contributed by atoms with E-state index in [0.717, 1.165) is 22.4 Å². The summed E-state index contributed by atoms with van der Waals surface area (Å²) in [6.45, 7) is 4.41. The number of benzene rings is 4. The number of hydrogen-bond donors (Lipinski definition) is 0. The van der Waals surface area contributed by atoms with E-state index in [1.807, 2.05) is 0 Å². The molecule has 2 heteroatoms. The number of allylic oxidation sites excluding steroid dienone is 5. The number of hydrogen-bond acceptors (Lipinski definition) is 1. The SMILES string of the molecule is Cc1c[n+](C)c2cc1-c1cccc(c1)-c1cccc(c1)C1=CC3c4c(ccc5c4oc4c-2c(C)ccc45)C=CC3C=C1. The number of furan rings is 1. The average molecular weight is 541 g/mol. The highest BCUT2D eigenvalue weighted by molar-refractivity contribution is 6.11. The highest BCUT2D eigenvalue weighted by atomic mass is 16.3. The van der Waals surface area contributed by atoms with Gasteiger partial charge in [-0.1, -0.05) is 85.0 Å². The van der Waals surface area contributed by atoms with Crippen LogP contribution in [-0.2, 0) is 7.05 Å². The molecule has 10 bridgehead atoms. The van der Waals surface area contributed by atoms with Crippen LogP contribution in [0.3, 0.4) is 0 Å². The van der Waals surface area contributed by atoms with Crippen molar-refractivity contribution in [2.24, 2.45) is 13.0 Å². The summed E-state index contributed by atoms with van der Waals surface area (Å²) < 4.78 is 9.30. The van der Waals surface area contributed by atoms with Gasteiger partial charge in [0.15, 0.2) is 6.20 Å². The minimum atomic E-state index is 0.212. The molecule has 2 aliphatic carbocycles. The smallest absolute Gasteiger partial charge is 0.216 e. The fourth-order valence-corrected chi connectivity index (χ4v) is 7.49. The van der Waals surface area contributed by atoms with Crippen molar-refractivity contribution in [2.45, 2.75) is 19.8 Å². The molecule has 2 aromatic heterocycles. The van der Waals surface area contributed by atoms with Crippen LogP contribution in [0, 0.1) is 19.8 Å². The van der Waals surface area contributed by atoms with Crippen LogP contribution in [0.15, 0.2) is 114 Å². The van der Waals surface area contributed by atoms with Gasteiger partial charge in [-0.05, 0) is 76.6 Å². The molecule has 3 aliphatic rings. The van der Waals surface area contributed by atoms with Crippen molar-refractivity contribution in [2.75, 3.05) is 0 Å². The quantitative estimate of drug-likeness (QED) is 0.175. The van der Waals surface area contributed by atoms with E-state index in [9.17, 15) is 0 Å². The maximum Gasteiger partial charge on any atom is 0.216 e. The van der Waals surface area contributed by atoms with Crippen LogP contribution in [0.25, 0.3) is 67.1 Å². The van der Waals surface area contributed by atoms with Crippen LogP contribution in [0.4, 0.5) is 0 Å². The molecule has 0 saturated carbocycles. The third-order valence-electron chi connectivity index (χ3n) is 9.63. The van der Waals surface area contributed by atoms with Crippen molar-refractivity contribution in [3.05, 3.63) is 137 Å². The standard InChI is InChI=1S/C40H30NO/c1-23-10-16-32-33-17-15-26-13-11-25-12-14-30-20-35(25)38(26)40(33)42-39(32)37(23)36-21-34(24(2)22-41(36)3)31-9-5-8-29(19-31)27-6-4-7-28(30)18-27/h4-22,25,35H,1-3H3/q+1. The van der Waals surface area contributed by atoms with Gasteiger partial charge < -0.3 is 4.42 Å². The summed E-state index contributed by atoms with van der Waals surface area (Å²) in [6.07, 6.45) is 14.0. The lowest BCUT2D eigenvalue weighted by atomic mass is 9.74. The summed E-state index contributed by atoms with van der Waals surface area (Å²) in [5, 5.41) is 2.36. The van der Waals surface area contributed by atoms with E-state index in [0.29, 0.717) is 5.92 Å². The van der Waals surface area contributed by atoms with Crippen molar-refractivity contribution in [3.63, 3.8) is 0 Å². The van der Waals surface area contributed by atoms with Gasteiger partial charge in [0.2, 0.25) is 5.69 Å². The van der Waals surface area contributed by atoms with Gasteiger partial charge in [0.1, 0.15) is 18.2 Å². The molecule has 9 rings (SSSR count). The van der Waals surface area contributed by atoms with E-state index >= 15 is 0 Å². The molecule has 4 aromatic carbocycles. The Balaban J connectivity index is 1.45. The first-order valence-electron chi connectivity index (χ1n) is 14.8. The largest absolute Gasteiger partial charge is 0.455 e. The molecule has 0 radical (unpaired) electrons. The number of aromatic nitrogens is 1. The predicted molar refractivity (Wildman–Crippen MR) is 173 cm³/mol. The van der Waals surface area contributed by atoms with Crippen molar-refractivity contribution >= 4 is 33.6 Å². The zero-order valence-corrected chi connectivity index (χ0v) is 24.0. The van der Waals surface area contributed by atoms with E-state index in [4.69, 9.17) is 4.42 Å². The lowest BCUT2D eigenvalue weighted by molar-refractivity contribution is -0.660. The third-order valence-corrected chi connectivity index (χ3v) is 9.63. The van der Waals surface area contributed by atoms with E-state index in [1.165, 1.54) is 66.4 Å². The molecule has 0 fully saturated rings. The number of fused-ring (bicyclic) bond motifs is 11. The highest BCUT2D eigenvalue weighted by Crippen LogP contribution is 2.47. The minimum absolute atomic E-state index is 0.212. The molecule has 1 aliphatic heterocycles. The summed E-state index contributed by atoms with van der Waals surface area (Å²) in [4.78, 5) is 0. The van der Waals surface area contributed by atoms with Crippen LogP contribution in [-0.4, -0.2) is 0 Å². The lowest BCUT2D eigenvalue weighted by Crippen LogP contribution is -2.31. The molecule has 2 nitrogen and oxygen atoms in total. The predicted octanol–water partition coefficient (Wildman–Crippen LogP) is 9.72. The van der Waals surface area contributed by atoms with Gasteiger partial charge in [0, 0.05) is 39.8 Å². The molecule has 2 unspecified atom stereocenters. The third kappa shape index (κ3) is 3.30. The Hall–Kier alpha value is -4.95. The summed E-state index contributed by atoms with van der Waals surface area (Å²) in [6, 6.07) is 29.4. The maximum atomic E-state index is 7.05. The second-order valence-electron chi connectivity index (χ2n) is 12.2. The topological polar surface area (TPSA) is 17.0 Å². The van der Waals surface area contributed by atoms with Gasteiger partial charge in [-0.2, -0.15) is 0 Å². The van der Waals surface area contributed by atoms with Crippen LogP contribution < -0.4 is 4.57 Å². The lowest BCUT2D eigenvalue weighted by Gasteiger charge is -2.29. The molecular formula is C40H30NO+. The normalized spacial score (nSPS) is 17.8. The maximum absolute atomic E-state index is 7.05. The molecular weight excluding hydrogens is 510 g/mol. The van der Waals surface area contributed by atoms with Gasteiger partial charge in [0.05, 0.1) is 5.56 Å². The van der Waals surface area contributed by atoms with E-state index in [1.54, 1.807) is 0 Å². The van der Waals surface area contributed by atoms with E-state index in [-0.39, 0.29) is 5.92 Å². The van der Waals surface area contributed by atoms with E-state index in [2.05, 4.69) is 141 Å². The molecule has 42 heavy (non-hydrogen) atoms. The Morgan fingerprint density at radius 1 is 0.690 bits per heavy atom. The number of rotatable bonds is 0.